The molecule has 0 saturated carbocycles. The number of halogens is 1. The number of nitrogens with one attached hydrogen (secondary N) is 2. The van der Waals surface area contributed by atoms with Crippen LogP contribution in [0.2, 0.25) is 0 Å². The van der Waals surface area contributed by atoms with Crippen molar-refractivity contribution < 1.29 is 14.3 Å². The van der Waals surface area contributed by atoms with Crippen molar-refractivity contribution in [2.75, 3.05) is 39.8 Å². The summed E-state index contributed by atoms with van der Waals surface area (Å²) < 4.78 is 11.0. The van der Waals surface area contributed by atoms with Gasteiger partial charge in [0.05, 0.1) is 26.0 Å². The van der Waals surface area contributed by atoms with Crippen LogP contribution in [0.25, 0.3) is 0 Å². The van der Waals surface area contributed by atoms with E-state index in [9.17, 15) is 5.11 Å². The van der Waals surface area contributed by atoms with Crippen molar-refractivity contribution >= 4 is 29.9 Å². The van der Waals surface area contributed by atoms with E-state index in [0.717, 1.165) is 25.4 Å². The van der Waals surface area contributed by atoms with Crippen LogP contribution in [-0.2, 0) is 5.60 Å². The van der Waals surface area contributed by atoms with Crippen molar-refractivity contribution in [2.24, 2.45) is 4.99 Å². The topological polar surface area (TPSA) is 82.3 Å². The number of aliphatic imine (C=N–C) groups is 1. The molecule has 2 heterocycles. The summed E-state index contributed by atoms with van der Waals surface area (Å²) in [7, 11) is 1.72. The third kappa shape index (κ3) is 6.85. The predicted octanol–water partition coefficient (Wildman–Crippen LogP) is 3.51. The SMILES string of the molecule is CCNC(=NCC(C)(O)c1ccco1)NCC(c1ccccc1OC)N1CCCC1.I. The van der Waals surface area contributed by atoms with E-state index >= 15 is 0 Å². The summed E-state index contributed by atoms with van der Waals surface area (Å²) in [6, 6.07) is 11.9. The number of furan rings is 1. The van der Waals surface area contributed by atoms with E-state index in [2.05, 4.69) is 32.7 Å². The molecule has 0 amide bonds. The largest absolute Gasteiger partial charge is 0.496 e. The Kier molecular flexibility index (Phi) is 10.1. The minimum atomic E-state index is -1.16. The second-order valence-electron chi connectivity index (χ2n) is 7.83. The fraction of sp³-hybridized carbons (Fsp3) is 0.522. The fourth-order valence-corrected chi connectivity index (χ4v) is 3.86. The van der Waals surface area contributed by atoms with Gasteiger partial charge in [0.2, 0.25) is 0 Å². The average Bonchev–Trinajstić information content (AvgIpc) is 3.47. The van der Waals surface area contributed by atoms with Gasteiger partial charge < -0.3 is 24.9 Å². The maximum absolute atomic E-state index is 10.7. The molecule has 172 valence electrons. The van der Waals surface area contributed by atoms with E-state index < -0.39 is 5.60 Å². The molecule has 1 fully saturated rings. The lowest BCUT2D eigenvalue weighted by Gasteiger charge is -2.30. The maximum atomic E-state index is 10.7. The fourth-order valence-electron chi connectivity index (χ4n) is 3.86. The van der Waals surface area contributed by atoms with Crippen LogP contribution >= 0.6 is 24.0 Å². The number of methoxy groups -OCH3 is 1. The lowest BCUT2D eigenvalue weighted by atomic mass is 10.0. The normalized spacial score (nSPS) is 17.5. The highest BCUT2D eigenvalue weighted by atomic mass is 127. The van der Waals surface area contributed by atoms with E-state index in [1.807, 2.05) is 19.1 Å². The number of aliphatic hydroxyl groups is 1. The maximum Gasteiger partial charge on any atom is 0.191 e. The first-order valence-corrected chi connectivity index (χ1v) is 10.7. The third-order valence-electron chi connectivity index (χ3n) is 5.48. The molecule has 7 nitrogen and oxygen atoms in total. The van der Waals surface area contributed by atoms with Gasteiger partial charge in [-0.3, -0.25) is 4.90 Å². The van der Waals surface area contributed by atoms with Crippen LogP contribution in [0.5, 0.6) is 5.75 Å². The molecule has 1 aromatic carbocycles. The molecule has 1 aliphatic rings. The minimum absolute atomic E-state index is 0. The Balaban J connectivity index is 0.00000341. The number of guanidine groups is 1. The molecule has 2 aromatic rings. The number of benzene rings is 1. The summed E-state index contributed by atoms with van der Waals surface area (Å²) in [4.78, 5) is 7.10. The highest BCUT2D eigenvalue weighted by Gasteiger charge is 2.28. The molecule has 1 saturated heterocycles. The van der Waals surface area contributed by atoms with Crippen molar-refractivity contribution in [2.45, 2.75) is 38.3 Å². The standard InChI is InChI=1S/C23H34N4O3.HI/c1-4-24-22(26-17-23(2,28)21-12-9-15-30-21)25-16-19(27-13-7-8-14-27)18-10-5-6-11-20(18)29-3;/h5-6,9-12,15,19,28H,4,7-8,13-14,16-17H2,1-3H3,(H2,24,25,26);1H. The lowest BCUT2D eigenvalue weighted by Crippen LogP contribution is -2.43. The van der Waals surface area contributed by atoms with Gasteiger partial charge in [-0.2, -0.15) is 0 Å². The van der Waals surface area contributed by atoms with Gasteiger partial charge in [-0.15, -0.1) is 24.0 Å². The van der Waals surface area contributed by atoms with E-state index in [1.165, 1.54) is 18.4 Å². The Morgan fingerprint density at radius 1 is 1.23 bits per heavy atom. The number of hydrogen-bond acceptors (Lipinski definition) is 5. The average molecular weight is 542 g/mol. The zero-order valence-electron chi connectivity index (χ0n) is 18.6. The molecule has 1 aliphatic heterocycles. The van der Waals surface area contributed by atoms with Crippen LogP contribution in [0.15, 0.2) is 52.1 Å². The number of likely N-dealkylation sites (tertiary alicyclic amines) is 1. The van der Waals surface area contributed by atoms with Crippen molar-refractivity contribution in [3.63, 3.8) is 0 Å². The van der Waals surface area contributed by atoms with Gasteiger partial charge in [-0.05, 0) is 58.0 Å². The third-order valence-corrected chi connectivity index (χ3v) is 5.48. The van der Waals surface area contributed by atoms with E-state index in [-0.39, 0.29) is 36.6 Å². The molecular formula is C23H35IN4O3. The molecule has 0 spiro atoms. The second kappa shape index (κ2) is 12.3. The van der Waals surface area contributed by atoms with Gasteiger partial charge >= 0.3 is 0 Å². The molecule has 0 radical (unpaired) electrons. The van der Waals surface area contributed by atoms with E-state index in [4.69, 9.17) is 9.15 Å². The monoisotopic (exact) mass is 542 g/mol. The molecule has 3 rings (SSSR count). The summed E-state index contributed by atoms with van der Waals surface area (Å²) in [5.41, 5.74) is 0.0101. The number of nitrogens with zero attached hydrogens (tertiary/aromatic N) is 2. The molecule has 3 N–H and O–H groups in total. The smallest absolute Gasteiger partial charge is 0.191 e. The summed E-state index contributed by atoms with van der Waals surface area (Å²) in [6.07, 6.45) is 3.99. The number of rotatable bonds is 9. The Labute approximate surface area is 202 Å². The molecule has 2 unspecified atom stereocenters. The molecule has 0 aliphatic carbocycles. The van der Waals surface area contributed by atoms with Crippen LogP contribution in [0.4, 0.5) is 0 Å². The van der Waals surface area contributed by atoms with Crippen molar-refractivity contribution in [1.29, 1.82) is 0 Å². The van der Waals surface area contributed by atoms with Crippen LogP contribution in [0.1, 0.15) is 44.1 Å². The Bertz CT molecular complexity index is 805. The van der Waals surface area contributed by atoms with Crippen LogP contribution in [0, 0.1) is 0 Å². The second-order valence-corrected chi connectivity index (χ2v) is 7.83. The van der Waals surface area contributed by atoms with Crippen molar-refractivity contribution in [1.82, 2.24) is 15.5 Å². The zero-order chi connectivity index (χ0) is 21.4. The minimum Gasteiger partial charge on any atom is -0.496 e. The van der Waals surface area contributed by atoms with Crippen LogP contribution in [0.3, 0.4) is 0 Å². The number of hydrogen-bond donors (Lipinski definition) is 3. The van der Waals surface area contributed by atoms with E-state index in [0.29, 0.717) is 18.3 Å². The molecule has 0 bridgehead atoms. The van der Waals surface area contributed by atoms with Gasteiger partial charge in [0.15, 0.2) is 5.96 Å². The van der Waals surface area contributed by atoms with Gasteiger partial charge in [0, 0.05) is 18.7 Å². The number of ether oxygens (including phenoxy) is 1. The highest BCUT2D eigenvalue weighted by molar-refractivity contribution is 14.0. The molecular weight excluding hydrogens is 507 g/mol. The Hall–Kier alpha value is -1.78. The van der Waals surface area contributed by atoms with Crippen molar-refractivity contribution in [3.8, 4) is 5.75 Å². The quantitative estimate of drug-likeness (QED) is 0.256. The van der Waals surface area contributed by atoms with Gasteiger partial charge in [-0.25, -0.2) is 4.99 Å². The predicted molar refractivity (Wildman–Crippen MR) is 134 cm³/mol. The Morgan fingerprint density at radius 2 is 1.97 bits per heavy atom. The first kappa shape index (κ1) is 25.5. The summed E-state index contributed by atoms with van der Waals surface area (Å²) in [5, 5.41) is 17.4. The van der Waals surface area contributed by atoms with Crippen LogP contribution in [-0.4, -0.2) is 55.8 Å². The van der Waals surface area contributed by atoms with E-state index in [1.54, 1.807) is 32.4 Å². The summed E-state index contributed by atoms with van der Waals surface area (Å²) in [5.74, 6) is 2.08. The van der Waals surface area contributed by atoms with Crippen molar-refractivity contribution in [3.05, 3.63) is 54.0 Å². The number of para-hydroxylation sites is 1. The highest BCUT2D eigenvalue weighted by Crippen LogP contribution is 2.31. The van der Waals surface area contributed by atoms with Gasteiger partial charge in [0.25, 0.3) is 0 Å². The summed E-state index contributed by atoms with van der Waals surface area (Å²) in [6.45, 7) is 7.50. The van der Waals surface area contributed by atoms with Crippen LogP contribution < -0.4 is 15.4 Å². The zero-order valence-corrected chi connectivity index (χ0v) is 21.0. The lowest BCUT2D eigenvalue weighted by molar-refractivity contribution is 0.0437. The molecule has 8 heteroatoms. The molecule has 31 heavy (non-hydrogen) atoms. The summed E-state index contributed by atoms with van der Waals surface area (Å²) >= 11 is 0. The Morgan fingerprint density at radius 3 is 2.61 bits per heavy atom. The first-order chi connectivity index (χ1) is 14.5. The molecule has 2 atom stereocenters. The molecule has 1 aromatic heterocycles. The van der Waals surface area contributed by atoms with Gasteiger partial charge in [0.1, 0.15) is 17.1 Å². The van der Waals surface area contributed by atoms with Gasteiger partial charge in [-0.1, -0.05) is 18.2 Å². The first-order valence-electron chi connectivity index (χ1n) is 10.7.